The van der Waals surface area contributed by atoms with E-state index in [1.54, 1.807) is 0 Å². The summed E-state index contributed by atoms with van der Waals surface area (Å²) in [6, 6.07) is 2.72. The quantitative estimate of drug-likeness (QED) is 0.892. The molecule has 0 saturated heterocycles. The Morgan fingerprint density at radius 3 is 2.53 bits per heavy atom. The van der Waals surface area contributed by atoms with Crippen LogP contribution in [0.2, 0.25) is 10.0 Å². The van der Waals surface area contributed by atoms with Crippen LogP contribution in [0.5, 0.6) is 0 Å². The van der Waals surface area contributed by atoms with E-state index >= 15 is 0 Å². The lowest BCUT2D eigenvalue weighted by Crippen LogP contribution is -2.26. The van der Waals surface area contributed by atoms with Crippen molar-refractivity contribution in [1.29, 1.82) is 0 Å². The van der Waals surface area contributed by atoms with Crippen LogP contribution < -0.4 is 4.72 Å². The Hall–Kier alpha value is -0.330. The first kappa shape index (κ1) is 13.1. The maximum atomic E-state index is 12.0. The SMILES string of the molecule is O=S(=O)(NC1CC1)c1cc(Cl)cc(CO)c1Cl. The third-order valence-electron chi connectivity index (χ3n) is 2.44. The molecule has 94 valence electrons. The Kier molecular flexibility index (Phi) is 3.66. The molecule has 1 aliphatic carbocycles. The van der Waals surface area contributed by atoms with Gasteiger partial charge in [-0.25, -0.2) is 13.1 Å². The van der Waals surface area contributed by atoms with Crippen molar-refractivity contribution >= 4 is 33.2 Å². The molecule has 1 fully saturated rings. The molecule has 1 saturated carbocycles. The number of rotatable bonds is 4. The van der Waals surface area contributed by atoms with Crippen molar-refractivity contribution in [2.45, 2.75) is 30.4 Å². The van der Waals surface area contributed by atoms with Crippen molar-refractivity contribution in [3.63, 3.8) is 0 Å². The Morgan fingerprint density at radius 2 is 2.00 bits per heavy atom. The summed E-state index contributed by atoms with van der Waals surface area (Å²) in [5.74, 6) is 0. The number of aliphatic hydroxyl groups excluding tert-OH is 1. The lowest BCUT2D eigenvalue weighted by molar-refractivity contribution is 0.281. The van der Waals surface area contributed by atoms with Gasteiger partial charge in [0.05, 0.1) is 11.6 Å². The molecule has 0 aromatic heterocycles. The van der Waals surface area contributed by atoms with Crippen LogP contribution in [0, 0.1) is 0 Å². The number of aliphatic hydroxyl groups is 1. The van der Waals surface area contributed by atoms with Gasteiger partial charge in [0, 0.05) is 11.1 Å². The van der Waals surface area contributed by atoms with Gasteiger partial charge < -0.3 is 5.11 Å². The lowest BCUT2D eigenvalue weighted by atomic mass is 10.2. The molecule has 0 radical (unpaired) electrons. The summed E-state index contributed by atoms with van der Waals surface area (Å²) >= 11 is 11.7. The van der Waals surface area contributed by atoms with E-state index in [2.05, 4.69) is 4.72 Å². The van der Waals surface area contributed by atoms with Crippen LogP contribution in [0.1, 0.15) is 18.4 Å². The minimum absolute atomic E-state index is 0.00683. The molecule has 2 N–H and O–H groups in total. The van der Waals surface area contributed by atoms with Crippen molar-refractivity contribution in [3.05, 3.63) is 27.7 Å². The normalized spacial score (nSPS) is 16.2. The maximum absolute atomic E-state index is 12.0. The van der Waals surface area contributed by atoms with Gasteiger partial charge in [-0.15, -0.1) is 0 Å². The van der Waals surface area contributed by atoms with Gasteiger partial charge in [-0.2, -0.15) is 0 Å². The number of hydrogen-bond acceptors (Lipinski definition) is 3. The first-order chi connectivity index (χ1) is 7.94. The second-order valence-electron chi connectivity index (χ2n) is 3.93. The topological polar surface area (TPSA) is 66.4 Å². The average Bonchev–Trinajstić information content (AvgIpc) is 3.03. The van der Waals surface area contributed by atoms with Crippen molar-refractivity contribution in [1.82, 2.24) is 4.72 Å². The molecule has 1 aromatic carbocycles. The largest absolute Gasteiger partial charge is 0.392 e. The molecule has 0 bridgehead atoms. The number of benzene rings is 1. The van der Waals surface area contributed by atoms with E-state index in [0.717, 1.165) is 12.8 Å². The summed E-state index contributed by atoms with van der Waals surface area (Å²) in [7, 11) is -3.66. The van der Waals surface area contributed by atoms with E-state index < -0.39 is 10.0 Å². The van der Waals surface area contributed by atoms with E-state index in [4.69, 9.17) is 28.3 Å². The summed E-state index contributed by atoms with van der Waals surface area (Å²) in [4.78, 5) is -0.0809. The van der Waals surface area contributed by atoms with E-state index in [-0.39, 0.29) is 27.6 Å². The zero-order valence-electron chi connectivity index (χ0n) is 8.78. The minimum Gasteiger partial charge on any atom is -0.392 e. The maximum Gasteiger partial charge on any atom is 0.242 e. The van der Waals surface area contributed by atoms with Crippen LogP contribution in [0.3, 0.4) is 0 Å². The molecule has 0 aliphatic heterocycles. The summed E-state index contributed by atoms with van der Waals surface area (Å²) in [6.45, 7) is -0.356. The molecular formula is C10H11Cl2NO3S. The Labute approximate surface area is 110 Å². The van der Waals surface area contributed by atoms with Crippen LogP contribution in [-0.2, 0) is 16.6 Å². The van der Waals surface area contributed by atoms with Gasteiger partial charge >= 0.3 is 0 Å². The van der Waals surface area contributed by atoms with Gasteiger partial charge in [-0.3, -0.25) is 0 Å². The van der Waals surface area contributed by atoms with Gasteiger partial charge in [0.15, 0.2) is 0 Å². The van der Waals surface area contributed by atoms with Crippen LogP contribution in [0.4, 0.5) is 0 Å². The van der Waals surface area contributed by atoms with Gasteiger partial charge in [0.2, 0.25) is 10.0 Å². The van der Waals surface area contributed by atoms with E-state index in [9.17, 15) is 8.42 Å². The summed E-state index contributed by atoms with van der Waals surface area (Å²) < 4.78 is 26.5. The number of sulfonamides is 1. The molecule has 0 spiro atoms. The van der Waals surface area contributed by atoms with Gasteiger partial charge in [-0.1, -0.05) is 23.2 Å². The second-order valence-corrected chi connectivity index (χ2v) is 6.43. The van der Waals surface area contributed by atoms with Crippen LogP contribution in [-0.4, -0.2) is 19.6 Å². The Morgan fingerprint density at radius 1 is 1.35 bits per heavy atom. The molecule has 0 unspecified atom stereocenters. The highest BCUT2D eigenvalue weighted by atomic mass is 35.5. The van der Waals surface area contributed by atoms with Crippen molar-refractivity contribution in [2.75, 3.05) is 0 Å². The number of hydrogen-bond donors (Lipinski definition) is 2. The highest BCUT2D eigenvalue weighted by Crippen LogP contribution is 2.31. The van der Waals surface area contributed by atoms with Crippen molar-refractivity contribution in [3.8, 4) is 0 Å². The van der Waals surface area contributed by atoms with Crippen molar-refractivity contribution < 1.29 is 13.5 Å². The summed E-state index contributed by atoms with van der Waals surface area (Å²) in [5.41, 5.74) is 0.301. The van der Waals surface area contributed by atoms with Gasteiger partial charge in [0.25, 0.3) is 0 Å². The van der Waals surface area contributed by atoms with E-state index in [1.807, 2.05) is 0 Å². The summed E-state index contributed by atoms with van der Waals surface area (Å²) in [6.07, 6.45) is 1.68. The molecule has 1 aliphatic rings. The minimum atomic E-state index is -3.66. The third kappa shape index (κ3) is 2.92. The first-order valence-electron chi connectivity index (χ1n) is 5.05. The molecule has 17 heavy (non-hydrogen) atoms. The first-order valence-corrected chi connectivity index (χ1v) is 7.29. The number of nitrogens with one attached hydrogen (secondary N) is 1. The zero-order valence-corrected chi connectivity index (χ0v) is 11.1. The molecule has 0 heterocycles. The third-order valence-corrected chi connectivity index (χ3v) is 4.76. The predicted molar refractivity (Wildman–Crippen MR) is 65.7 cm³/mol. The smallest absolute Gasteiger partial charge is 0.242 e. The fraction of sp³-hybridized carbons (Fsp3) is 0.400. The van der Waals surface area contributed by atoms with Crippen LogP contribution >= 0.6 is 23.2 Å². The molecule has 0 amide bonds. The van der Waals surface area contributed by atoms with Gasteiger partial charge in [0.1, 0.15) is 4.90 Å². The van der Waals surface area contributed by atoms with E-state index in [1.165, 1.54) is 12.1 Å². The molecule has 0 atom stereocenters. The lowest BCUT2D eigenvalue weighted by Gasteiger charge is -2.10. The standard InChI is InChI=1S/C10H11Cl2NO3S/c11-7-3-6(5-14)10(12)9(4-7)17(15,16)13-8-1-2-8/h3-4,8,13-14H,1-2,5H2. The monoisotopic (exact) mass is 295 g/mol. The average molecular weight is 296 g/mol. The highest BCUT2D eigenvalue weighted by Gasteiger charge is 2.30. The molecule has 7 heteroatoms. The summed E-state index contributed by atoms with van der Waals surface area (Å²) in [5, 5.41) is 9.32. The van der Waals surface area contributed by atoms with Crippen LogP contribution in [0.15, 0.2) is 17.0 Å². The molecule has 1 aromatic rings. The number of halogens is 2. The molecule has 4 nitrogen and oxygen atoms in total. The Bertz CT molecular complexity index is 541. The predicted octanol–water partition coefficient (Wildman–Crippen LogP) is 1.93. The van der Waals surface area contributed by atoms with Crippen molar-refractivity contribution in [2.24, 2.45) is 0 Å². The Balaban J connectivity index is 2.46. The highest BCUT2D eigenvalue weighted by molar-refractivity contribution is 7.89. The zero-order chi connectivity index (χ0) is 12.6. The fourth-order valence-electron chi connectivity index (χ4n) is 1.41. The second kappa shape index (κ2) is 4.74. The van der Waals surface area contributed by atoms with Crippen LogP contribution in [0.25, 0.3) is 0 Å². The van der Waals surface area contributed by atoms with E-state index in [0.29, 0.717) is 5.56 Å². The fourth-order valence-corrected chi connectivity index (χ4v) is 3.64. The molecule has 2 rings (SSSR count). The van der Waals surface area contributed by atoms with Gasteiger partial charge in [-0.05, 0) is 30.5 Å². The molecular weight excluding hydrogens is 285 g/mol.